The molecule has 144 valence electrons. The van der Waals surface area contributed by atoms with Crippen LogP contribution in [-0.2, 0) is 12.8 Å². The number of benzene rings is 2. The molecule has 1 aliphatic rings. The van der Waals surface area contributed by atoms with Crippen molar-refractivity contribution in [3.05, 3.63) is 71.3 Å². The molecule has 0 aliphatic carbocycles. The molecule has 3 N–H and O–H groups in total. The van der Waals surface area contributed by atoms with E-state index < -0.39 is 0 Å². The first kappa shape index (κ1) is 21.4. The highest BCUT2D eigenvalue weighted by atomic mass is 35.5. The summed E-state index contributed by atoms with van der Waals surface area (Å²) in [4.78, 5) is 3.47. The second-order valence-corrected chi connectivity index (χ2v) is 7.60. The summed E-state index contributed by atoms with van der Waals surface area (Å²) in [6, 6.07) is 18.7. The Balaban J connectivity index is 0.00000261. The predicted octanol–water partition coefficient (Wildman–Crippen LogP) is 4.61. The third kappa shape index (κ3) is 6.33. The third-order valence-electron chi connectivity index (χ3n) is 5.23. The van der Waals surface area contributed by atoms with Gasteiger partial charge in [-0.05, 0) is 42.7 Å². The van der Waals surface area contributed by atoms with E-state index in [9.17, 15) is 0 Å². The van der Waals surface area contributed by atoms with Gasteiger partial charge in [0.2, 0.25) is 0 Å². The van der Waals surface area contributed by atoms with Gasteiger partial charge in [-0.15, -0.1) is 12.4 Å². The van der Waals surface area contributed by atoms with Crippen LogP contribution >= 0.6 is 24.6 Å². The summed E-state index contributed by atoms with van der Waals surface area (Å²) in [6.45, 7) is 2.17. The van der Waals surface area contributed by atoms with Crippen molar-refractivity contribution in [3.8, 4) is 0 Å². The zero-order valence-electron chi connectivity index (χ0n) is 15.6. The number of nitrogens with two attached hydrogens (primary N) is 1. The van der Waals surface area contributed by atoms with Crippen molar-refractivity contribution in [1.82, 2.24) is 4.90 Å². The van der Waals surface area contributed by atoms with Crippen LogP contribution in [0.5, 0.6) is 0 Å². The van der Waals surface area contributed by atoms with Crippen molar-refractivity contribution in [2.75, 3.05) is 13.1 Å². The normalized spacial score (nSPS) is 14.4. The number of hydrogen-bond donors (Lipinski definition) is 2. The van der Waals surface area contributed by atoms with E-state index >= 15 is 0 Å². The van der Waals surface area contributed by atoms with Crippen LogP contribution in [0.4, 0.5) is 0 Å². The molecular weight excluding hydrogens is 374 g/mol. The van der Waals surface area contributed by atoms with Crippen molar-refractivity contribution in [3.63, 3.8) is 0 Å². The average molecular weight is 402 g/mol. The molecule has 0 spiro atoms. The van der Waals surface area contributed by atoms with E-state index in [-0.39, 0.29) is 18.2 Å². The lowest BCUT2D eigenvalue weighted by molar-refractivity contribution is 0.265. The number of nitrogens with zero attached hydrogens (tertiary/aromatic N) is 1. The molecule has 27 heavy (non-hydrogen) atoms. The number of nitrogen functional groups attached to an aromatic ring is 1. The predicted molar refractivity (Wildman–Crippen MR) is 120 cm³/mol. The Hall–Kier alpha value is -1.91. The Morgan fingerprint density at radius 1 is 1.00 bits per heavy atom. The number of hydrogen-bond acceptors (Lipinski definition) is 2. The Labute approximate surface area is 173 Å². The molecule has 5 heteroatoms. The maximum Gasteiger partial charge on any atom is 0.122 e. The third-order valence-corrected chi connectivity index (χ3v) is 5.69. The van der Waals surface area contributed by atoms with Gasteiger partial charge in [-0.1, -0.05) is 66.8 Å². The van der Waals surface area contributed by atoms with Gasteiger partial charge in [0.15, 0.2) is 0 Å². The molecule has 0 aromatic heterocycles. The van der Waals surface area contributed by atoms with Crippen LogP contribution in [-0.4, -0.2) is 28.8 Å². The van der Waals surface area contributed by atoms with E-state index in [0.717, 1.165) is 42.4 Å². The Kier molecular flexibility index (Phi) is 8.26. The number of likely N-dealkylation sites (tertiary alicyclic amines) is 1. The SMILES string of the molecule is Cl.N=C(N)c1ccc(CCC(=S)N2CCC(Cc3ccccc3)CC2)cc1. The lowest BCUT2D eigenvalue weighted by Gasteiger charge is -2.34. The molecule has 1 heterocycles. The highest BCUT2D eigenvalue weighted by molar-refractivity contribution is 7.80. The van der Waals surface area contributed by atoms with E-state index in [1.165, 1.54) is 30.4 Å². The summed E-state index contributed by atoms with van der Waals surface area (Å²) in [5.74, 6) is 0.890. The van der Waals surface area contributed by atoms with Crippen molar-refractivity contribution in [2.24, 2.45) is 11.7 Å². The standard InChI is InChI=1S/C22H27N3S.ClH/c23-22(24)20-9-6-17(7-10-20)8-11-21(26)25-14-12-19(13-15-25)16-18-4-2-1-3-5-18;/h1-7,9-10,19H,8,11-16H2,(H3,23,24);1H. The monoisotopic (exact) mass is 401 g/mol. The Bertz CT molecular complexity index is 738. The highest BCUT2D eigenvalue weighted by Gasteiger charge is 2.20. The second-order valence-electron chi connectivity index (χ2n) is 7.12. The maximum absolute atomic E-state index is 7.45. The van der Waals surface area contributed by atoms with E-state index in [4.69, 9.17) is 23.4 Å². The molecule has 0 saturated carbocycles. The fourth-order valence-electron chi connectivity index (χ4n) is 3.59. The molecule has 2 aromatic carbocycles. The van der Waals surface area contributed by atoms with Crippen LogP contribution in [0.1, 0.15) is 36.0 Å². The summed E-state index contributed by atoms with van der Waals surface area (Å²) >= 11 is 5.68. The van der Waals surface area contributed by atoms with Gasteiger partial charge in [-0.25, -0.2) is 0 Å². The topological polar surface area (TPSA) is 53.1 Å². The Morgan fingerprint density at radius 3 is 2.22 bits per heavy atom. The van der Waals surface area contributed by atoms with Gasteiger partial charge in [-0.2, -0.15) is 0 Å². The van der Waals surface area contributed by atoms with E-state index in [1.54, 1.807) is 0 Å². The molecule has 0 atom stereocenters. The molecule has 1 aliphatic heterocycles. The zero-order valence-corrected chi connectivity index (χ0v) is 17.2. The number of amidine groups is 1. The molecule has 0 amide bonds. The summed E-state index contributed by atoms with van der Waals surface area (Å²) in [6.07, 6.45) is 5.49. The molecule has 0 unspecified atom stereocenters. The minimum atomic E-state index is 0. The summed E-state index contributed by atoms with van der Waals surface area (Å²) in [5, 5.41) is 7.45. The van der Waals surface area contributed by atoms with Crippen molar-refractivity contribution in [1.29, 1.82) is 5.41 Å². The first-order chi connectivity index (χ1) is 12.6. The van der Waals surface area contributed by atoms with E-state index in [1.807, 2.05) is 24.3 Å². The number of nitrogens with one attached hydrogen (secondary N) is 1. The zero-order chi connectivity index (χ0) is 18.4. The minimum Gasteiger partial charge on any atom is -0.384 e. The number of thiocarbonyl (C=S) groups is 1. The quantitative estimate of drug-likeness (QED) is 0.422. The Morgan fingerprint density at radius 2 is 1.63 bits per heavy atom. The van der Waals surface area contributed by atoms with Crippen LogP contribution in [0.2, 0.25) is 0 Å². The first-order valence-electron chi connectivity index (χ1n) is 9.37. The number of aryl methyl sites for hydroxylation is 1. The summed E-state index contributed by atoms with van der Waals surface area (Å²) < 4.78 is 0. The molecule has 0 bridgehead atoms. The fraction of sp³-hybridized carbons (Fsp3) is 0.364. The van der Waals surface area contributed by atoms with Crippen LogP contribution < -0.4 is 5.73 Å². The van der Waals surface area contributed by atoms with Crippen LogP contribution in [0.25, 0.3) is 0 Å². The van der Waals surface area contributed by atoms with Gasteiger partial charge in [-0.3, -0.25) is 5.41 Å². The molecule has 0 radical (unpaired) electrons. The van der Waals surface area contributed by atoms with Crippen molar-refractivity contribution >= 4 is 35.4 Å². The van der Waals surface area contributed by atoms with Gasteiger partial charge >= 0.3 is 0 Å². The number of piperidine rings is 1. The lowest BCUT2D eigenvalue weighted by Crippen LogP contribution is -2.38. The van der Waals surface area contributed by atoms with Crippen LogP contribution in [0.3, 0.4) is 0 Å². The van der Waals surface area contributed by atoms with Crippen LogP contribution in [0, 0.1) is 11.3 Å². The van der Waals surface area contributed by atoms with E-state index in [2.05, 4.69) is 35.2 Å². The molecule has 3 nitrogen and oxygen atoms in total. The van der Waals surface area contributed by atoms with Crippen molar-refractivity contribution in [2.45, 2.75) is 32.1 Å². The van der Waals surface area contributed by atoms with Gasteiger partial charge in [0.1, 0.15) is 5.84 Å². The molecule has 3 rings (SSSR count). The number of halogens is 1. The van der Waals surface area contributed by atoms with Crippen LogP contribution in [0.15, 0.2) is 54.6 Å². The van der Waals surface area contributed by atoms with E-state index in [0.29, 0.717) is 0 Å². The molecular formula is C22H28ClN3S. The lowest BCUT2D eigenvalue weighted by atomic mass is 9.90. The molecule has 2 aromatic rings. The van der Waals surface area contributed by atoms with Gasteiger partial charge in [0.05, 0.1) is 4.99 Å². The maximum atomic E-state index is 7.45. The highest BCUT2D eigenvalue weighted by Crippen LogP contribution is 2.22. The molecule has 1 saturated heterocycles. The molecule has 1 fully saturated rings. The fourth-order valence-corrected chi connectivity index (χ4v) is 3.88. The van der Waals surface area contributed by atoms with Crippen molar-refractivity contribution < 1.29 is 0 Å². The largest absolute Gasteiger partial charge is 0.384 e. The summed E-state index contributed by atoms with van der Waals surface area (Å²) in [7, 11) is 0. The number of rotatable bonds is 6. The average Bonchev–Trinajstić information content (AvgIpc) is 2.68. The summed E-state index contributed by atoms with van der Waals surface area (Å²) in [5.41, 5.74) is 8.97. The van der Waals surface area contributed by atoms with Gasteiger partial charge in [0.25, 0.3) is 0 Å². The van der Waals surface area contributed by atoms with Gasteiger partial charge in [0, 0.05) is 25.1 Å². The van der Waals surface area contributed by atoms with Gasteiger partial charge < -0.3 is 10.6 Å². The second kappa shape index (κ2) is 10.4. The minimum absolute atomic E-state index is 0. The smallest absolute Gasteiger partial charge is 0.122 e. The first-order valence-corrected chi connectivity index (χ1v) is 9.77.